The largest absolute Gasteiger partial charge is 0.352 e. The minimum absolute atomic E-state index is 0.0906. The molecule has 6 heteroatoms. The number of rotatable bonds is 8. The van der Waals surface area contributed by atoms with Gasteiger partial charge in [0, 0.05) is 18.7 Å². The van der Waals surface area contributed by atoms with Gasteiger partial charge in [0.25, 0.3) is 5.91 Å². The minimum atomic E-state index is -0.466. The van der Waals surface area contributed by atoms with E-state index in [-0.39, 0.29) is 11.8 Å². The lowest BCUT2D eigenvalue weighted by molar-refractivity contribution is -0.122. The molecule has 0 radical (unpaired) electrons. The first-order valence-electron chi connectivity index (χ1n) is 6.97. The van der Waals surface area contributed by atoms with Crippen LogP contribution in [0.3, 0.4) is 0 Å². The molecule has 21 heavy (non-hydrogen) atoms. The zero-order valence-electron chi connectivity index (χ0n) is 12.5. The molecular formula is C15H23N3O2S. The van der Waals surface area contributed by atoms with Gasteiger partial charge in [0.05, 0.1) is 6.04 Å². The van der Waals surface area contributed by atoms with E-state index in [1.54, 1.807) is 23.9 Å². The predicted octanol–water partition coefficient (Wildman–Crippen LogP) is 1.13. The summed E-state index contributed by atoms with van der Waals surface area (Å²) in [6.07, 6.45) is 2.66. The summed E-state index contributed by atoms with van der Waals surface area (Å²) in [6, 6.07) is 6.70. The zero-order chi connectivity index (χ0) is 15.7. The highest BCUT2D eigenvalue weighted by Crippen LogP contribution is 2.05. The molecule has 0 saturated heterocycles. The van der Waals surface area contributed by atoms with Crippen molar-refractivity contribution in [3.63, 3.8) is 0 Å². The van der Waals surface area contributed by atoms with E-state index in [0.29, 0.717) is 25.1 Å². The van der Waals surface area contributed by atoms with Crippen molar-refractivity contribution in [1.82, 2.24) is 10.6 Å². The van der Waals surface area contributed by atoms with Gasteiger partial charge in [-0.3, -0.25) is 9.59 Å². The van der Waals surface area contributed by atoms with Crippen LogP contribution in [0.2, 0.25) is 0 Å². The first kappa shape index (κ1) is 17.5. The van der Waals surface area contributed by atoms with Crippen molar-refractivity contribution in [3.05, 3.63) is 35.4 Å². The molecule has 0 spiro atoms. The standard InChI is InChI=1S/C15H23N3O2S/c1-3-17-14(19)12-6-4-11(5-7-12)10-18-15(20)13(16)8-9-21-2/h4-7,13H,3,8-10,16H2,1-2H3,(H,17,19)(H,18,20)/t13-/m0/s1. The van der Waals surface area contributed by atoms with Gasteiger partial charge in [-0.15, -0.1) is 0 Å². The monoisotopic (exact) mass is 309 g/mol. The van der Waals surface area contributed by atoms with Crippen molar-refractivity contribution in [2.75, 3.05) is 18.6 Å². The Kier molecular flexibility index (Phi) is 7.85. The van der Waals surface area contributed by atoms with Gasteiger partial charge in [-0.25, -0.2) is 0 Å². The van der Waals surface area contributed by atoms with Crippen LogP contribution in [0.15, 0.2) is 24.3 Å². The molecule has 4 N–H and O–H groups in total. The van der Waals surface area contributed by atoms with Gasteiger partial charge < -0.3 is 16.4 Å². The number of benzene rings is 1. The van der Waals surface area contributed by atoms with Gasteiger partial charge >= 0.3 is 0 Å². The first-order valence-corrected chi connectivity index (χ1v) is 8.37. The third-order valence-corrected chi connectivity index (χ3v) is 3.63. The molecule has 5 nitrogen and oxygen atoms in total. The highest BCUT2D eigenvalue weighted by molar-refractivity contribution is 7.98. The molecule has 0 aliphatic carbocycles. The van der Waals surface area contributed by atoms with Crippen LogP contribution in [0, 0.1) is 0 Å². The molecule has 0 unspecified atom stereocenters. The SMILES string of the molecule is CCNC(=O)c1ccc(CNC(=O)[C@@H](N)CCSC)cc1. The van der Waals surface area contributed by atoms with Crippen LogP contribution in [-0.4, -0.2) is 36.4 Å². The number of nitrogens with two attached hydrogens (primary N) is 1. The Morgan fingerprint density at radius 3 is 2.48 bits per heavy atom. The van der Waals surface area contributed by atoms with Crippen LogP contribution in [-0.2, 0) is 11.3 Å². The van der Waals surface area contributed by atoms with E-state index in [2.05, 4.69) is 10.6 Å². The number of carbonyl (C=O) groups excluding carboxylic acids is 2. The Balaban J connectivity index is 2.45. The molecule has 1 aromatic rings. The lowest BCUT2D eigenvalue weighted by atomic mass is 10.1. The van der Waals surface area contributed by atoms with Gasteiger partial charge in [-0.05, 0) is 43.0 Å². The molecule has 0 fully saturated rings. The van der Waals surface area contributed by atoms with E-state index in [1.165, 1.54) is 0 Å². The van der Waals surface area contributed by atoms with E-state index in [0.717, 1.165) is 11.3 Å². The Morgan fingerprint density at radius 2 is 1.90 bits per heavy atom. The number of hydrogen-bond acceptors (Lipinski definition) is 4. The van der Waals surface area contributed by atoms with Crippen molar-refractivity contribution in [1.29, 1.82) is 0 Å². The Hall–Kier alpha value is -1.53. The van der Waals surface area contributed by atoms with E-state index in [9.17, 15) is 9.59 Å². The predicted molar refractivity (Wildman–Crippen MR) is 87.3 cm³/mol. The van der Waals surface area contributed by atoms with Crippen LogP contribution in [0.25, 0.3) is 0 Å². The maximum Gasteiger partial charge on any atom is 0.251 e. The summed E-state index contributed by atoms with van der Waals surface area (Å²) in [5.74, 6) is 0.638. The van der Waals surface area contributed by atoms with Gasteiger partial charge in [0.15, 0.2) is 0 Å². The summed E-state index contributed by atoms with van der Waals surface area (Å²) < 4.78 is 0. The molecule has 1 aromatic carbocycles. The number of hydrogen-bond donors (Lipinski definition) is 3. The molecule has 1 atom stereocenters. The summed E-state index contributed by atoms with van der Waals surface area (Å²) in [7, 11) is 0. The number of carbonyl (C=O) groups is 2. The molecule has 0 aliphatic rings. The topological polar surface area (TPSA) is 84.2 Å². The minimum Gasteiger partial charge on any atom is -0.352 e. The summed E-state index contributed by atoms with van der Waals surface area (Å²) >= 11 is 1.67. The summed E-state index contributed by atoms with van der Waals surface area (Å²) in [5.41, 5.74) is 7.34. The second-order valence-corrected chi connectivity index (χ2v) is 5.65. The second kappa shape index (κ2) is 9.41. The molecule has 116 valence electrons. The second-order valence-electron chi connectivity index (χ2n) is 4.66. The molecule has 0 bridgehead atoms. The van der Waals surface area contributed by atoms with Crippen LogP contribution in [0.1, 0.15) is 29.3 Å². The molecule has 0 heterocycles. The van der Waals surface area contributed by atoms with Crippen LogP contribution >= 0.6 is 11.8 Å². The van der Waals surface area contributed by atoms with Crippen LogP contribution < -0.4 is 16.4 Å². The van der Waals surface area contributed by atoms with Crippen LogP contribution in [0.5, 0.6) is 0 Å². The van der Waals surface area contributed by atoms with Crippen molar-refractivity contribution in [3.8, 4) is 0 Å². The van der Waals surface area contributed by atoms with Crippen LogP contribution in [0.4, 0.5) is 0 Å². The maximum atomic E-state index is 11.8. The Bertz CT molecular complexity index is 462. The molecular weight excluding hydrogens is 286 g/mol. The molecule has 0 aliphatic heterocycles. The van der Waals surface area contributed by atoms with E-state index in [1.807, 2.05) is 25.3 Å². The molecule has 0 aromatic heterocycles. The molecule has 2 amide bonds. The van der Waals surface area contributed by atoms with E-state index in [4.69, 9.17) is 5.73 Å². The fourth-order valence-electron chi connectivity index (χ4n) is 1.73. The quantitative estimate of drug-likeness (QED) is 0.672. The van der Waals surface area contributed by atoms with Crippen molar-refractivity contribution in [2.45, 2.75) is 25.9 Å². The third-order valence-electron chi connectivity index (χ3n) is 2.99. The third kappa shape index (κ3) is 6.18. The van der Waals surface area contributed by atoms with Crippen molar-refractivity contribution in [2.24, 2.45) is 5.73 Å². The number of amides is 2. The van der Waals surface area contributed by atoms with E-state index < -0.39 is 6.04 Å². The Labute approximate surface area is 130 Å². The smallest absolute Gasteiger partial charge is 0.251 e. The Morgan fingerprint density at radius 1 is 1.24 bits per heavy atom. The first-order chi connectivity index (χ1) is 10.1. The normalized spacial score (nSPS) is 11.8. The van der Waals surface area contributed by atoms with Gasteiger partial charge in [-0.2, -0.15) is 11.8 Å². The summed E-state index contributed by atoms with van der Waals surface area (Å²) in [5, 5.41) is 5.55. The fourth-order valence-corrected chi connectivity index (χ4v) is 2.22. The van der Waals surface area contributed by atoms with Crippen molar-refractivity contribution >= 4 is 23.6 Å². The van der Waals surface area contributed by atoms with Gasteiger partial charge in [0.2, 0.25) is 5.91 Å². The van der Waals surface area contributed by atoms with Gasteiger partial charge in [-0.1, -0.05) is 12.1 Å². The highest BCUT2D eigenvalue weighted by Gasteiger charge is 2.12. The number of thioether (sulfide) groups is 1. The summed E-state index contributed by atoms with van der Waals surface area (Å²) in [6.45, 7) is 2.90. The lowest BCUT2D eigenvalue weighted by Gasteiger charge is -2.11. The van der Waals surface area contributed by atoms with E-state index >= 15 is 0 Å². The highest BCUT2D eigenvalue weighted by atomic mass is 32.2. The zero-order valence-corrected chi connectivity index (χ0v) is 13.3. The molecule has 0 saturated carbocycles. The average Bonchev–Trinajstić information content (AvgIpc) is 2.50. The van der Waals surface area contributed by atoms with Crippen molar-refractivity contribution < 1.29 is 9.59 Å². The average molecular weight is 309 g/mol. The summed E-state index contributed by atoms with van der Waals surface area (Å²) in [4.78, 5) is 23.4. The van der Waals surface area contributed by atoms with Gasteiger partial charge in [0.1, 0.15) is 0 Å². The fraction of sp³-hybridized carbons (Fsp3) is 0.467. The molecule has 1 rings (SSSR count). The lowest BCUT2D eigenvalue weighted by Crippen LogP contribution is -2.40. The maximum absolute atomic E-state index is 11.8. The number of nitrogens with one attached hydrogen (secondary N) is 2.